The molecule has 26 heavy (non-hydrogen) atoms. The van der Waals surface area contributed by atoms with E-state index in [0.29, 0.717) is 18.9 Å². The van der Waals surface area contributed by atoms with Crippen LogP contribution in [0.25, 0.3) is 11.3 Å². The van der Waals surface area contributed by atoms with E-state index >= 15 is 0 Å². The molecule has 2 saturated heterocycles. The molecule has 3 heterocycles. The Morgan fingerprint density at radius 1 is 1.12 bits per heavy atom. The van der Waals surface area contributed by atoms with Crippen LogP contribution in [0.1, 0.15) is 17.9 Å². The Balaban J connectivity index is 1.56. The predicted molar refractivity (Wildman–Crippen MR) is 102 cm³/mol. The van der Waals surface area contributed by atoms with E-state index in [1.54, 1.807) is 0 Å². The molecule has 1 aromatic carbocycles. The van der Waals surface area contributed by atoms with Crippen molar-refractivity contribution in [3.8, 4) is 11.3 Å². The number of carbonyl (C=O) groups is 1. The van der Waals surface area contributed by atoms with Crippen LogP contribution in [-0.4, -0.2) is 60.5 Å². The molecule has 2 aromatic rings. The van der Waals surface area contributed by atoms with Crippen LogP contribution in [0.2, 0.25) is 0 Å². The van der Waals surface area contributed by atoms with Gasteiger partial charge in [-0.1, -0.05) is 24.3 Å². The smallest absolute Gasteiger partial charge is 0.222 e. The number of nitrogens with zero attached hydrogens (tertiary/aromatic N) is 4. The largest absolute Gasteiger partial charge is 0.368 e. The van der Waals surface area contributed by atoms with E-state index in [-0.39, 0.29) is 11.8 Å². The SMILES string of the molecule is CN1CCN(c2cc(-c3ccc(C4CNC(=O)C4)cc3)nc(N)n2)CC1. The second-order valence-corrected chi connectivity index (χ2v) is 7.09. The number of piperazine rings is 1. The monoisotopic (exact) mass is 352 g/mol. The summed E-state index contributed by atoms with van der Waals surface area (Å²) >= 11 is 0. The summed E-state index contributed by atoms with van der Waals surface area (Å²) in [6.45, 7) is 4.62. The summed E-state index contributed by atoms with van der Waals surface area (Å²) in [5.41, 5.74) is 8.99. The van der Waals surface area contributed by atoms with Gasteiger partial charge in [0.05, 0.1) is 5.69 Å². The molecule has 2 aliphatic heterocycles. The van der Waals surface area contributed by atoms with Crippen LogP contribution in [0.5, 0.6) is 0 Å². The lowest BCUT2D eigenvalue weighted by Crippen LogP contribution is -2.44. The van der Waals surface area contributed by atoms with Crippen molar-refractivity contribution in [2.45, 2.75) is 12.3 Å². The molecule has 1 atom stereocenters. The highest BCUT2D eigenvalue weighted by Crippen LogP contribution is 2.27. The third kappa shape index (κ3) is 3.48. The number of nitrogen functional groups attached to an aromatic ring is 1. The molecular formula is C19H24N6O. The number of aromatic nitrogens is 2. The number of carbonyl (C=O) groups excluding carboxylic acids is 1. The normalized spacial score (nSPS) is 21.0. The lowest BCUT2D eigenvalue weighted by molar-refractivity contribution is -0.119. The van der Waals surface area contributed by atoms with Gasteiger partial charge < -0.3 is 20.9 Å². The average Bonchev–Trinajstić information content (AvgIpc) is 3.08. The van der Waals surface area contributed by atoms with E-state index in [1.807, 2.05) is 18.2 Å². The fraction of sp³-hybridized carbons (Fsp3) is 0.421. The molecule has 0 aliphatic carbocycles. The van der Waals surface area contributed by atoms with Crippen molar-refractivity contribution in [2.24, 2.45) is 0 Å². The summed E-state index contributed by atoms with van der Waals surface area (Å²) in [6, 6.07) is 10.3. The van der Waals surface area contributed by atoms with Gasteiger partial charge in [-0.05, 0) is 12.6 Å². The maximum Gasteiger partial charge on any atom is 0.222 e. The Kier molecular flexibility index (Phi) is 4.46. The van der Waals surface area contributed by atoms with Crippen LogP contribution >= 0.6 is 0 Å². The molecule has 1 amide bonds. The van der Waals surface area contributed by atoms with Gasteiger partial charge in [-0.2, -0.15) is 4.98 Å². The number of hydrogen-bond donors (Lipinski definition) is 2. The predicted octanol–water partition coefficient (Wildman–Crippen LogP) is 1.08. The zero-order chi connectivity index (χ0) is 18.1. The van der Waals surface area contributed by atoms with Crippen LogP contribution in [0, 0.1) is 0 Å². The van der Waals surface area contributed by atoms with Gasteiger partial charge >= 0.3 is 0 Å². The van der Waals surface area contributed by atoms with E-state index in [2.05, 4.69) is 44.3 Å². The van der Waals surface area contributed by atoms with Crippen LogP contribution in [-0.2, 0) is 4.79 Å². The number of anilines is 2. The van der Waals surface area contributed by atoms with Gasteiger partial charge in [0.25, 0.3) is 0 Å². The topological polar surface area (TPSA) is 87.4 Å². The van der Waals surface area contributed by atoms with Crippen molar-refractivity contribution in [1.29, 1.82) is 0 Å². The van der Waals surface area contributed by atoms with E-state index in [9.17, 15) is 4.79 Å². The number of nitrogens with one attached hydrogen (secondary N) is 1. The summed E-state index contributed by atoms with van der Waals surface area (Å²) in [5, 5.41) is 2.88. The number of likely N-dealkylation sites (N-methyl/N-ethyl adjacent to an activating group) is 1. The zero-order valence-corrected chi connectivity index (χ0v) is 15.0. The molecule has 0 spiro atoms. The van der Waals surface area contributed by atoms with Gasteiger partial charge in [-0.3, -0.25) is 4.79 Å². The Bertz CT molecular complexity index is 798. The van der Waals surface area contributed by atoms with Gasteiger partial charge in [0.15, 0.2) is 0 Å². The van der Waals surface area contributed by atoms with Gasteiger partial charge in [-0.25, -0.2) is 4.98 Å². The number of rotatable bonds is 3. The highest BCUT2D eigenvalue weighted by Gasteiger charge is 2.23. The van der Waals surface area contributed by atoms with E-state index in [0.717, 1.165) is 43.3 Å². The highest BCUT2D eigenvalue weighted by molar-refractivity contribution is 5.79. The lowest BCUT2D eigenvalue weighted by Gasteiger charge is -2.33. The minimum atomic E-state index is 0.125. The molecule has 2 aliphatic rings. The molecule has 1 unspecified atom stereocenters. The van der Waals surface area contributed by atoms with Crippen LogP contribution in [0.4, 0.5) is 11.8 Å². The molecule has 7 nitrogen and oxygen atoms in total. The Morgan fingerprint density at radius 2 is 1.85 bits per heavy atom. The second kappa shape index (κ2) is 6.92. The van der Waals surface area contributed by atoms with Crippen molar-refractivity contribution < 1.29 is 4.79 Å². The minimum absolute atomic E-state index is 0.125. The molecule has 0 radical (unpaired) electrons. The van der Waals surface area contributed by atoms with Crippen molar-refractivity contribution in [2.75, 3.05) is 50.4 Å². The van der Waals surface area contributed by atoms with Gasteiger partial charge in [-0.15, -0.1) is 0 Å². The summed E-state index contributed by atoms with van der Waals surface area (Å²) in [5.74, 6) is 1.56. The van der Waals surface area contributed by atoms with Crippen molar-refractivity contribution in [3.63, 3.8) is 0 Å². The van der Waals surface area contributed by atoms with Gasteiger partial charge in [0.2, 0.25) is 11.9 Å². The first kappa shape index (κ1) is 16.8. The van der Waals surface area contributed by atoms with Crippen LogP contribution in [0.15, 0.2) is 30.3 Å². The fourth-order valence-corrected chi connectivity index (χ4v) is 3.56. The highest BCUT2D eigenvalue weighted by atomic mass is 16.1. The minimum Gasteiger partial charge on any atom is -0.368 e. The summed E-state index contributed by atoms with van der Waals surface area (Å²) in [6.07, 6.45) is 0.563. The van der Waals surface area contributed by atoms with Crippen molar-refractivity contribution >= 4 is 17.7 Å². The number of benzene rings is 1. The molecule has 2 fully saturated rings. The van der Waals surface area contributed by atoms with E-state index in [4.69, 9.17) is 5.73 Å². The standard InChI is InChI=1S/C19H24N6O/c1-24-6-8-25(9-7-24)17-11-16(22-19(20)23-17)14-4-2-13(3-5-14)15-10-18(26)21-12-15/h2-5,11,15H,6-10,12H2,1H3,(H,21,26)(H2,20,22,23). The number of hydrogen-bond acceptors (Lipinski definition) is 6. The average molecular weight is 352 g/mol. The van der Waals surface area contributed by atoms with Crippen LogP contribution in [0.3, 0.4) is 0 Å². The third-order valence-electron chi connectivity index (χ3n) is 5.21. The number of nitrogens with two attached hydrogens (primary N) is 1. The summed E-state index contributed by atoms with van der Waals surface area (Å²) in [4.78, 5) is 24.8. The molecule has 4 rings (SSSR count). The maximum absolute atomic E-state index is 11.4. The summed E-state index contributed by atoms with van der Waals surface area (Å²) in [7, 11) is 2.13. The van der Waals surface area contributed by atoms with E-state index < -0.39 is 0 Å². The molecule has 3 N–H and O–H groups in total. The van der Waals surface area contributed by atoms with Gasteiger partial charge in [0, 0.05) is 56.7 Å². The number of amides is 1. The Labute approximate surface area is 153 Å². The van der Waals surface area contributed by atoms with Crippen LogP contribution < -0.4 is 16.0 Å². The second-order valence-electron chi connectivity index (χ2n) is 7.09. The van der Waals surface area contributed by atoms with Crippen molar-refractivity contribution in [1.82, 2.24) is 20.2 Å². The first-order valence-corrected chi connectivity index (χ1v) is 9.03. The Hall–Kier alpha value is -2.67. The molecule has 0 saturated carbocycles. The molecule has 0 bridgehead atoms. The molecule has 1 aromatic heterocycles. The van der Waals surface area contributed by atoms with Gasteiger partial charge in [0.1, 0.15) is 5.82 Å². The lowest BCUT2D eigenvalue weighted by atomic mass is 9.96. The first-order chi connectivity index (χ1) is 12.6. The Morgan fingerprint density at radius 3 is 2.50 bits per heavy atom. The quantitative estimate of drug-likeness (QED) is 0.860. The first-order valence-electron chi connectivity index (χ1n) is 9.03. The fourth-order valence-electron chi connectivity index (χ4n) is 3.56. The molecule has 136 valence electrons. The third-order valence-corrected chi connectivity index (χ3v) is 5.21. The van der Waals surface area contributed by atoms with E-state index in [1.165, 1.54) is 5.56 Å². The van der Waals surface area contributed by atoms with Crippen molar-refractivity contribution in [3.05, 3.63) is 35.9 Å². The zero-order valence-electron chi connectivity index (χ0n) is 15.0. The maximum atomic E-state index is 11.4. The molecule has 7 heteroatoms. The molecular weight excluding hydrogens is 328 g/mol. The summed E-state index contributed by atoms with van der Waals surface area (Å²) < 4.78 is 0.